The van der Waals surface area contributed by atoms with Crippen molar-refractivity contribution in [3.05, 3.63) is 30.0 Å². The highest BCUT2D eigenvalue weighted by Gasteiger charge is 2.14. The van der Waals surface area contributed by atoms with E-state index >= 15 is 0 Å². The number of unbranched alkanes of at least 4 members (excludes halogenated alkanes) is 5. The quantitative estimate of drug-likeness (QED) is 0.290. The summed E-state index contributed by atoms with van der Waals surface area (Å²) in [7, 11) is 2.03. The Balaban J connectivity index is 1.48. The third kappa shape index (κ3) is 6.99. The zero-order valence-electron chi connectivity index (χ0n) is 16.1. The molecule has 1 heterocycles. The lowest BCUT2D eigenvalue weighted by Gasteiger charge is -2.24. The first-order valence-corrected chi connectivity index (χ1v) is 10.5. The number of ether oxygens (including phenoxy) is 1. The maximum Gasteiger partial charge on any atom is 0.338 e. The van der Waals surface area contributed by atoms with Gasteiger partial charge in [-0.15, -0.1) is 11.8 Å². The summed E-state index contributed by atoms with van der Waals surface area (Å²) >= 11 is 1.85. The number of phenols is 3. The van der Waals surface area contributed by atoms with Gasteiger partial charge in [0.15, 0.2) is 22.7 Å². The Morgan fingerprint density at radius 2 is 1.75 bits per heavy atom. The molecule has 0 aliphatic carbocycles. The SMILES string of the molecule is CN1C=CC=NC1SCCCCCCCCOC(=O)c1cc(O)c(O)c(O)c1. The second kappa shape index (κ2) is 11.5. The van der Waals surface area contributed by atoms with E-state index in [2.05, 4.69) is 9.89 Å². The van der Waals surface area contributed by atoms with Gasteiger partial charge in [-0.25, -0.2) is 4.79 Å². The Hall–Kier alpha value is -2.35. The van der Waals surface area contributed by atoms with Crippen molar-refractivity contribution >= 4 is 23.9 Å². The molecule has 0 saturated carbocycles. The maximum absolute atomic E-state index is 11.9. The highest BCUT2D eigenvalue weighted by atomic mass is 32.2. The number of phenolic OH excluding ortho intramolecular Hbond substituents is 3. The fourth-order valence-electron chi connectivity index (χ4n) is 2.71. The zero-order chi connectivity index (χ0) is 20.4. The molecule has 2 rings (SSSR count). The molecule has 1 aliphatic rings. The van der Waals surface area contributed by atoms with Crippen molar-refractivity contribution in [3.8, 4) is 17.2 Å². The molecule has 0 radical (unpaired) electrons. The first-order valence-electron chi connectivity index (χ1n) is 9.44. The van der Waals surface area contributed by atoms with Crippen molar-refractivity contribution in [1.82, 2.24) is 4.90 Å². The molecule has 0 aromatic heterocycles. The molecule has 0 bridgehead atoms. The third-order valence-electron chi connectivity index (χ3n) is 4.31. The predicted octanol–water partition coefficient (Wildman–Crippen LogP) is 3.85. The van der Waals surface area contributed by atoms with Crippen LogP contribution < -0.4 is 0 Å². The summed E-state index contributed by atoms with van der Waals surface area (Å²) in [6.45, 7) is 0.288. The van der Waals surface area contributed by atoms with Gasteiger partial charge in [0, 0.05) is 19.5 Å². The number of esters is 1. The standard InChI is InChI=1S/C20H28N2O5S/c1-22-10-8-9-21-20(22)28-12-7-5-3-2-4-6-11-27-19(26)15-13-16(23)18(25)17(24)14-15/h8-10,13-14,20,23-25H,2-7,11-12H2,1H3. The van der Waals surface area contributed by atoms with Crippen molar-refractivity contribution in [2.24, 2.45) is 4.99 Å². The number of nitrogens with zero attached hydrogens (tertiary/aromatic N) is 2. The van der Waals surface area contributed by atoms with Crippen LogP contribution in [0, 0.1) is 0 Å². The van der Waals surface area contributed by atoms with Crippen LogP contribution in [0.4, 0.5) is 0 Å². The van der Waals surface area contributed by atoms with E-state index < -0.39 is 23.2 Å². The van der Waals surface area contributed by atoms with Crippen LogP contribution in [0.15, 0.2) is 29.4 Å². The van der Waals surface area contributed by atoms with Crippen LogP contribution in [-0.2, 0) is 4.74 Å². The van der Waals surface area contributed by atoms with Crippen molar-refractivity contribution in [2.45, 2.75) is 44.0 Å². The number of aromatic hydroxyl groups is 3. The topological polar surface area (TPSA) is 103 Å². The minimum atomic E-state index is -0.648. The van der Waals surface area contributed by atoms with E-state index in [0.717, 1.165) is 50.0 Å². The largest absolute Gasteiger partial charge is 0.504 e. The lowest BCUT2D eigenvalue weighted by molar-refractivity contribution is 0.0496. The van der Waals surface area contributed by atoms with E-state index in [0.29, 0.717) is 0 Å². The van der Waals surface area contributed by atoms with E-state index in [9.17, 15) is 20.1 Å². The Morgan fingerprint density at radius 1 is 1.11 bits per heavy atom. The molecule has 1 aliphatic heterocycles. The number of thioether (sulfide) groups is 1. The van der Waals surface area contributed by atoms with Gasteiger partial charge in [0.25, 0.3) is 0 Å². The normalized spacial score (nSPS) is 15.8. The average molecular weight is 409 g/mol. The molecule has 8 heteroatoms. The molecule has 0 spiro atoms. The van der Waals surface area contributed by atoms with Crippen molar-refractivity contribution in [2.75, 3.05) is 19.4 Å². The Morgan fingerprint density at radius 3 is 2.43 bits per heavy atom. The van der Waals surface area contributed by atoms with Crippen LogP contribution in [0.5, 0.6) is 17.2 Å². The number of carbonyl (C=O) groups is 1. The number of aliphatic imine (C=N–C) groups is 1. The minimum Gasteiger partial charge on any atom is -0.504 e. The molecule has 0 fully saturated rings. The summed E-state index contributed by atoms with van der Waals surface area (Å²) in [5, 5.41) is 28.1. The van der Waals surface area contributed by atoms with E-state index in [1.807, 2.05) is 37.3 Å². The van der Waals surface area contributed by atoms with Gasteiger partial charge in [0.1, 0.15) is 0 Å². The van der Waals surface area contributed by atoms with Crippen LogP contribution in [0.1, 0.15) is 48.9 Å². The van der Waals surface area contributed by atoms with Crippen LogP contribution in [0.25, 0.3) is 0 Å². The maximum atomic E-state index is 11.9. The Bertz CT molecular complexity index is 685. The molecule has 1 aromatic carbocycles. The lowest BCUT2D eigenvalue weighted by atomic mass is 10.1. The number of allylic oxidation sites excluding steroid dienone is 1. The van der Waals surface area contributed by atoms with Gasteiger partial charge in [-0.05, 0) is 36.8 Å². The van der Waals surface area contributed by atoms with Crippen LogP contribution in [-0.4, -0.2) is 57.3 Å². The number of rotatable bonds is 11. The van der Waals surface area contributed by atoms with Gasteiger partial charge >= 0.3 is 5.97 Å². The molecule has 1 unspecified atom stereocenters. The van der Waals surface area contributed by atoms with E-state index in [1.165, 1.54) is 6.42 Å². The first-order chi connectivity index (χ1) is 13.5. The molecule has 0 saturated heterocycles. The summed E-state index contributed by atoms with van der Waals surface area (Å²) in [6.07, 6.45) is 12.1. The molecular formula is C20H28N2O5S. The first kappa shape index (κ1) is 21.9. The smallest absolute Gasteiger partial charge is 0.338 e. The fourth-order valence-corrected chi connectivity index (χ4v) is 3.75. The molecule has 0 amide bonds. The molecule has 3 N–H and O–H groups in total. The van der Waals surface area contributed by atoms with Gasteiger partial charge in [-0.1, -0.05) is 25.7 Å². The van der Waals surface area contributed by atoms with Gasteiger partial charge in [0.2, 0.25) is 0 Å². The Kier molecular flexibility index (Phi) is 9.00. The van der Waals surface area contributed by atoms with Crippen LogP contribution in [0.2, 0.25) is 0 Å². The number of carbonyl (C=O) groups excluding carboxylic acids is 1. The van der Waals surface area contributed by atoms with Crippen LogP contribution in [0.3, 0.4) is 0 Å². The predicted molar refractivity (Wildman–Crippen MR) is 111 cm³/mol. The summed E-state index contributed by atoms with van der Waals surface area (Å²) < 4.78 is 5.13. The highest BCUT2D eigenvalue weighted by molar-refractivity contribution is 7.99. The summed E-state index contributed by atoms with van der Waals surface area (Å²) in [6, 6.07) is 2.14. The van der Waals surface area contributed by atoms with E-state index in [-0.39, 0.29) is 17.7 Å². The molecule has 7 nitrogen and oxygen atoms in total. The second-order valence-corrected chi connectivity index (χ2v) is 7.79. The monoisotopic (exact) mass is 408 g/mol. The summed E-state index contributed by atoms with van der Waals surface area (Å²) in [5.41, 5.74) is 0.200. The van der Waals surface area contributed by atoms with E-state index in [1.54, 1.807) is 0 Å². The summed E-state index contributed by atoms with van der Waals surface area (Å²) in [5.74, 6) is -1.30. The second-order valence-electron chi connectivity index (χ2n) is 6.62. The van der Waals surface area contributed by atoms with Crippen molar-refractivity contribution in [1.29, 1.82) is 0 Å². The minimum absolute atomic E-state index is 0.00809. The number of hydrogen-bond acceptors (Lipinski definition) is 8. The molecule has 154 valence electrons. The van der Waals surface area contributed by atoms with Gasteiger partial charge < -0.3 is 25.0 Å². The van der Waals surface area contributed by atoms with E-state index in [4.69, 9.17) is 4.74 Å². The number of benzene rings is 1. The zero-order valence-corrected chi connectivity index (χ0v) is 16.9. The molecular weight excluding hydrogens is 380 g/mol. The van der Waals surface area contributed by atoms with Gasteiger partial charge in [-0.3, -0.25) is 4.99 Å². The number of hydrogen-bond donors (Lipinski definition) is 3. The van der Waals surface area contributed by atoms with Gasteiger partial charge in [-0.2, -0.15) is 0 Å². The molecule has 1 atom stereocenters. The highest BCUT2D eigenvalue weighted by Crippen LogP contribution is 2.35. The Labute approximate surface area is 169 Å². The van der Waals surface area contributed by atoms with Crippen molar-refractivity contribution in [3.63, 3.8) is 0 Å². The fraction of sp³-hybridized carbons (Fsp3) is 0.500. The van der Waals surface area contributed by atoms with Gasteiger partial charge in [0.05, 0.1) is 12.2 Å². The third-order valence-corrected chi connectivity index (χ3v) is 5.59. The average Bonchev–Trinajstić information content (AvgIpc) is 2.68. The van der Waals surface area contributed by atoms with Crippen molar-refractivity contribution < 1.29 is 24.9 Å². The summed E-state index contributed by atoms with van der Waals surface area (Å²) in [4.78, 5) is 18.4. The lowest BCUT2D eigenvalue weighted by Crippen LogP contribution is -2.24. The molecule has 1 aromatic rings. The van der Waals surface area contributed by atoms with Crippen LogP contribution >= 0.6 is 11.8 Å². The molecule has 28 heavy (non-hydrogen) atoms.